The molecular weight excluding hydrogens is 411 g/mol. The Balaban J connectivity index is 1.63. The molecule has 2 aromatic carbocycles. The summed E-state index contributed by atoms with van der Waals surface area (Å²) in [6.45, 7) is 1.55. The Kier molecular flexibility index (Phi) is 6.69. The number of morpholine rings is 1. The van der Waals surface area contributed by atoms with Gasteiger partial charge in [-0.05, 0) is 29.1 Å². The second kappa shape index (κ2) is 8.88. The van der Waals surface area contributed by atoms with Gasteiger partial charge in [-0.1, -0.05) is 35.3 Å². The van der Waals surface area contributed by atoms with E-state index in [0.29, 0.717) is 30.3 Å². The molecule has 1 amide bonds. The van der Waals surface area contributed by atoms with Crippen molar-refractivity contribution in [2.24, 2.45) is 0 Å². The highest BCUT2D eigenvalue weighted by atomic mass is 35.5. The SMILES string of the molecule is [B]C([B])(c1ccc(Cl)cc1)N1CCOC(CNC(=O)c2cc(Cl)c(N)cc2O)C1. The molecule has 1 aliphatic rings. The highest BCUT2D eigenvalue weighted by Crippen LogP contribution is 2.28. The molecule has 148 valence electrons. The van der Waals surface area contributed by atoms with E-state index < -0.39 is 11.2 Å². The minimum absolute atomic E-state index is 0.0324. The van der Waals surface area contributed by atoms with E-state index in [0.717, 1.165) is 0 Å². The minimum atomic E-state index is -1.21. The summed E-state index contributed by atoms with van der Waals surface area (Å²) in [5, 5.41) is 12.2. The summed E-state index contributed by atoms with van der Waals surface area (Å²) in [5.74, 6) is -0.740. The number of anilines is 1. The molecule has 4 radical (unpaired) electrons. The largest absolute Gasteiger partial charge is 0.507 e. The zero-order valence-electron chi connectivity index (χ0n) is 15.6. The van der Waals surface area contributed by atoms with E-state index in [2.05, 4.69) is 5.32 Å². The van der Waals surface area contributed by atoms with Crippen LogP contribution in [0.25, 0.3) is 0 Å². The lowest BCUT2D eigenvalue weighted by Gasteiger charge is -2.45. The first kappa shape index (κ1) is 21.8. The van der Waals surface area contributed by atoms with E-state index >= 15 is 0 Å². The van der Waals surface area contributed by atoms with Gasteiger partial charge in [-0.2, -0.15) is 0 Å². The van der Waals surface area contributed by atoms with Gasteiger partial charge in [0.05, 0.1) is 44.7 Å². The number of halogens is 2. The molecule has 4 N–H and O–H groups in total. The van der Waals surface area contributed by atoms with E-state index in [-0.39, 0.29) is 34.7 Å². The van der Waals surface area contributed by atoms with Crippen LogP contribution in [0.2, 0.25) is 10.0 Å². The van der Waals surface area contributed by atoms with Gasteiger partial charge in [-0.25, -0.2) is 0 Å². The summed E-state index contributed by atoms with van der Waals surface area (Å²) >= 11 is 11.9. The highest BCUT2D eigenvalue weighted by molar-refractivity contribution is 6.39. The third-order valence-corrected chi connectivity index (χ3v) is 5.40. The quantitative estimate of drug-likeness (QED) is 0.499. The van der Waals surface area contributed by atoms with Crippen LogP contribution in [-0.2, 0) is 10.1 Å². The topological polar surface area (TPSA) is 87.8 Å². The fourth-order valence-electron chi connectivity index (χ4n) is 3.14. The molecule has 3 rings (SSSR count). The molecule has 10 heteroatoms. The van der Waals surface area contributed by atoms with Crippen LogP contribution in [0.5, 0.6) is 5.75 Å². The van der Waals surface area contributed by atoms with Gasteiger partial charge in [0.1, 0.15) is 5.75 Å². The molecule has 6 nitrogen and oxygen atoms in total. The Morgan fingerprint density at radius 3 is 2.69 bits per heavy atom. The predicted octanol–water partition coefficient (Wildman–Crippen LogP) is 1.86. The molecule has 0 aromatic heterocycles. The first-order chi connectivity index (χ1) is 13.7. The number of hydrogen-bond acceptors (Lipinski definition) is 5. The van der Waals surface area contributed by atoms with Crippen molar-refractivity contribution in [3.8, 4) is 5.75 Å². The number of ether oxygens (including phenoxy) is 1. The zero-order chi connectivity index (χ0) is 21.2. The van der Waals surface area contributed by atoms with Crippen LogP contribution in [-0.4, -0.2) is 64.0 Å². The van der Waals surface area contributed by atoms with Crippen LogP contribution in [0.15, 0.2) is 36.4 Å². The first-order valence-corrected chi connectivity index (χ1v) is 9.70. The Morgan fingerprint density at radius 2 is 2.00 bits per heavy atom. The molecule has 0 spiro atoms. The molecule has 1 unspecified atom stereocenters. The fraction of sp³-hybridized carbons (Fsp3) is 0.316. The number of aromatic hydroxyl groups is 1. The molecule has 1 heterocycles. The normalized spacial score (nSPS) is 17.8. The van der Waals surface area contributed by atoms with Gasteiger partial charge in [-0.15, -0.1) is 0 Å². The van der Waals surface area contributed by atoms with E-state index in [9.17, 15) is 9.90 Å². The number of carbonyl (C=O) groups excluding carboxylic acids is 1. The second-order valence-corrected chi connectivity index (χ2v) is 7.72. The van der Waals surface area contributed by atoms with Gasteiger partial charge >= 0.3 is 0 Å². The van der Waals surface area contributed by atoms with Crippen LogP contribution in [0.4, 0.5) is 5.69 Å². The van der Waals surface area contributed by atoms with E-state index in [1.165, 1.54) is 12.1 Å². The van der Waals surface area contributed by atoms with Crippen LogP contribution >= 0.6 is 23.2 Å². The number of phenols is 1. The number of benzene rings is 2. The number of phenolic OH excluding ortho intramolecular Hbond substituents is 1. The Hall–Kier alpha value is -1.86. The maximum absolute atomic E-state index is 12.4. The van der Waals surface area contributed by atoms with Gasteiger partial charge in [0.2, 0.25) is 0 Å². The highest BCUT2D eigenvalue weighted by Gasteiger charge is 2.32. The molecule has 2 aromatic rings. The number of nitrogen functional groups attached to an aromatic ring is 1. The lowest BCUT2D eigenvalue weighted by atomic mass is 9.56. The zero-order valence-corrected chi connectivity index (χ0v) is 17.1. The molecule has 0 saturated carbocycles. The maximum atomic E-state index is 12.4. The Labute approximate surface area is 182 Å². The van der Waals surface area contributed by atoms with Crippen molar-refractivity contribution in [2.45, 2.75) is 11.4 Å². The molecule has 0 bridgehead atoms. The van der Waals surface area contributed by atoms with Crippen molar-refractivity contribution in [2.75, 3.05) is 32.0 Å². The molecule has 1 saturated heterocycles. The molecule has 1 aliphatic heterocycles. The van der Waals surface area contributed by atoms with Gasteiger partial charge in [0.15, 0.2) is 0 Å². The van der Waals surface area contributed by atoms with Crippen molar-refractivity contribution in [3.63, 3.8) is 0 Å². The average Bonchev–Trinajstić information content (AvgIpc) is 2.69. The number of nitrogens with one attached hydrogen (secondary N) is 1. The van der Waals surface area contributed by atoms with Crippen molar-refractivity contribution in [3.05, 3.63) is 57.6 Å². The van der Waals surface area contributed by atoms with Crippen LogP contribution in [0, 0.1) is 0 Å². The molecular formula is C19H19B2Cl2N3O3. The van der Waals surface area contributed by atoms with Gasteiger partial charge in [0, 0.05) is 30.7 Å². The van der Waals surface area contributed by atoms with Crippen LogP contribution in [0.3, 0.4) is 0 Å². The minimum Gasteiger partial charge on any atom is -0.507 e. The van der Waals surface area contributed by atoms with Crippen molar-refractivity contribution < 1.29 is 14.6 Å². The van der Waals surface area contributed by atoms with Crippen LogP contribution in [0.1, 0.15) is 15.9 Å². The number of carbonyl (C=O) groups is 1. The van der Waals surface area contributed by atoms with Gasteiger partial charge < -0.3 is 25.8 Å². The smallest absolute Gasteiger partial charge is 0.255 e. The number of rotatable bonds is 5. The maximum Gasteiger partial charge on any atom is 0.255 e. The number of amides is 1. The Morgan fingerprint density at radius 1 is 1.31 bits per heavy atom. The van der Waals surface area contributed by atoms with Crippen molar-refractivity contribution in [1.29, 1.82) is 0 Å². The number of nitrogens with two attached hydrogens (primary N) is 1. The van der Waals surface area contributed by atoms with E-state index in [1.807, 2.05) is 4.90 Å². The monoisotopic (exact) mass is 429 g/mol. The lowest BCUT2D eigenvalue weighted by Crippen LogP contribution is -2.56. The van der Waals surface area contributed by atoms with Crippen molar-refractivity contribution >= 4 is 50.5 Å². The Bertz CT molecular complexity index is 897. The average molecular weight is 430 g/mol. The summed E-state index contributed by atoms with van der Waals surface area (Å²) in [5.41, 5.74) is 6.55. The summed E-state index contributed by atoms with van der Waals surface area (Å²) in [4.78, 5) is 14.3. The van der Waals surface area contributed by atoms with Crippen molar-refractivity contribution in [1.82, 2.24) is 10.2 Å². The van der Waals surface area contributed by atoms with E-state index in [1.54, 1.807) is 24.3 Å². The third kappa shape index (κ3) is 5.01. The van der Waals surface area contributed by atoms with Gasteiger partial charge in [0.25, 0.3) is 5.91 Å². The summed E-state index contributed by atoms with van der Waals surface area (Å²) in [6, 6.07) is 9.58. The third-order valence-electron chi connectivity index (χ3n) is 4.82. The van der Waals surface area contributed by atoms with Gasteiger partial charge in [-0.3, -0.25) is 4.79 Å². The first-order valence-electron chi connectivity index (χ1n) is 8.95. The molecule has 1 fully saturated rings. The standard InChI is InChI=1S/C19H19B2Cl2N3O3/c20-19(21,11-1-3-12(22)4-2-11)26-5-6-29-13(10-26)9-25-18(28)14-7-15(23)16(24)8-17(14)27/h1-4,7-8,13,27H,5-6,9-10,24H2,(H,25,28). The summed E-state index contributed by atoms with van der Waals surface area (Å²) in [7, 11) is 12.8. The van der Waals surface area contributed by atoms with E-state index in [4.69, 9.17) is 49.4 Å². The lowest BCUT2D eigenvalue weighted by molar-refractivity contribution is -0.0376. The fourth-order valence-corrected chi connectivity index (χ4v) is 3.43. The number of hydrogen-bond donors (Lipinski definition) is 3. The summed E-state index contributed by atoms with van der Waals surface area (Å²) < 4.78 is 5.72. The molecule has 29 heavy (non-hydrogen) atoms. The molecule has 0 aliphatic carbocycles. The van der Waals surface area contributed by atoms with Crippen LogP contribution < -0.4 is 11.1 Å². The predicted molar refractivity (Wildman–Crippen MR) is 116 cm³/mol. The second-order valence-electron chi connectivity index (χ2n) is 6.87. The summed E-state index contributed by atoms with van der Waals surface area (Å²) in [6.07, 6.45) is -0.335. The number of nitrogens with zero attached hydrogens (tertiary/aromatic N) is 1. The molecule has 1 atom stereocenters.